The number of carboxylic acid groups (broad SMARTS) is 1. The summed E-state index contributed by atoms with van der Waals surface area (Å²) in [4.78, 5) is 38.6. The molecular weight excluding hydrogens is 302 g/mol. The molecule has 8 heteroatoms. The molecule has 1 heterocycles. The van der Waals surface area contributed by atoms with Gasteiger partial charge in [0, 0.05) is 12.3 Å². The van der Waals surface area contributed by atoms with Crippen LogP contribution in [0, 0.1) is 5.92 Å². The van der Waals surface area contributed by atoms with Crippen LogP contribution in [0.4, 0.5) is 0 Å². The number of nitrogens with one attached hydrogen (secondary N) is 2. The van der Waals surface area contributed by atoms with Gasteiger partial charge in [0.25, 0.3) is 5.91 Å². The molecule has 0 aliphatic heterocycles. The molecular formula is C15H21N3O5. The van der Waals surface area contributed by atoms with Crippen LogP contribution in [-0.4, -0.2) is 47.6 Å². The van der Waals surface area contributed by atoms with E-state index in [-0.39, 0.29) is 18.0 Å². The summed E-state index contributed by atoms with van der Waals surface area (Å²) in [5, 5.41) is 13.8. The van der Waals surface area contributed by atoms with Crippen LogP contribution in [0.5, 0.6) is 5.88 Å². The van der Waals surface area contributed by atoms with Gasteiger partial charge in [-0.15, -0.1) is 0 Å². The predicted molar refractivity (Wildman–Crippen MR) is 82.1 cm³/mol. The summed E-state index contributed by atoms with van der Waals surface area (Å²) in [5.74, 6) is -1.65. The lowest BCUT2D eigenvalue weighted by molar-refractivity contribution is -0.142. The van der Waals surface area contributed by atoms with Crippen molar-refractivity contribution in [2.45, 2.75) is 26.3 Å². The fourth-order valence-electron chi connectivity index (χ4n) is 1.84. The molecule has 8 nitrogen and oxygen atoms in total. The molecule has 0 radical (unpaired) electrons. The Balaban J connectivity index is 2.50. The number of carboxylic acids is 1. The molecule has 0 aromatic carbocycles. The highest BCUT2D eigenvalue weighted by Crippen LogP contribution is 2.06. The minimum absolute atomic E-state index is 0.122. The third-order valence-electron chi connectivity index (χ3n) is 2.96. The van der Waals surface area contributed by atoms with Gasteiger partial charge in [0.05, 0.1) is 19.2 Å². The van der Waals surface area contributed by atoms with Crippen LogP contribution < -0.4 is 15.4 Å². The highest BCUT2D eigenvalue weighted by atomic mass is 16.5. The van der Waals surface area contributed by atoms with Crippen molar-refractivity contribution in [1.82, 2.24) is 15.6 Å². The second-order valence-electron chi connectivity index (χ2n) is 5.36. The van der Waals surface area contributed by atoms with Crippen molar-refractivity contribution >= 4 is 17.8 Å². The maximum atomic E-state index is 11.9. The first-order chi connectivity index (χ1) is 10.8. The number of amides is 2. The Hall–Kier alpha value is -2.64. The molecule has 0 aliphatic carbocycles. The SMILES string of the molecule is COc1ccc(C(=O)NCC(=O)N[C@@H](CC(C)C)C(=O)O)cn1. The lowest BCUT2D eigenvalue weighted by Gasteiger charge is -2.16. The molecule has 0 fully saturated rings. The third kappa shape index (κ3) is 6.33. The summed E-state index contributed by atoms with van der Waals surface area (Å²) in [5.41, 5.74) is 0.274. The Kier molecular flexibility index (Phi) is 6.98. The number of hydrogen-bond acceptors (Lipinski definition) is 5. The Bertz CT molecular complexity index is 557. The molecule has 0 unspecified atom stereocenters. The number of carbonyl (C=O) groups is 3. The van der Waals surface area contributed by atoms with Crippen molar-refractivity contribution < 1.29 is 24.2 Å². The number of hydrogen-bond donors (Lipinski definition) is 3. The van der Waals surface area contributed by atoms with Crippen LogP contribution in [0.25, 0.3) is 0 Å². The van der Waals surface area contributed by atoms with Gasteiger partial charge < -0.3 is 20.5 Å². The van der Waals surface area contributed by atoms with Gasteiger partial charge in [-0.05, 0) is 18.4 Å². The van der Waals surface area contributed by atoms with Crippen molar-refractivity contribution in [3.63, 3.8) is 0 Å². The number of carbonyl (C=O) groups excluding carboxylic acids is 2. The standard InChI is InChI=1S/C15H21N3O5/c1-9(2)6-11(15(21)22)18-12(19)8-17-14(20)10-4-5-13(23-3)16-7-10/h4-5,7,9,11H,6,8H2,1-3H3,(H,17,20)(H,18,19)(H,21,22)/t11-/m0/s1. The van der Waals surface area contributed by atoms with E-state index in [0.29, 0.717) is 12.3 Å². The van der Waals surface area contributed by atoms with E-state index >= 15 is 0 Å². The molecule has 0 saturated carbocycles. The number of nitrogens with zero attached hydrogens (tertiary/aromatic N) is 1. The highest BCUT2D eigenvalue weighted by molar-refractivity contribution is 5.96. The Morgan fingerprint density at radius 1 is 1.30 bits per heavy atom. The van der Waals surface area contributed by atoms with E-state index in [1.54, 1.807) is 0 Å². The zero-order valence-electron chi connectivity index (χ0n) is 13.3. The van der Waals surface area contributed by atoms with Crippen LogP contribution >= 0.6 is 0 Å². The summed E-state index contributed by atoms with van der Waals surface area (Å²) < 4.78 is 4.88. The van der Waals surface area contributed by atoms with E-state index < -0.39 is 23.8 Å². The molecule has 126 valence electrons. The number of pyridine rings is 1. The van der Waals surface area contributed by atoms with Gasteiger partial charge in [0.1, 0.15) is 6.04 Å². The fraction of sp³-hybridized carbons (Fsp3) is 0.467. The average molecular weight is 323 g/mol. The van der Waals surface area contributed by atoms with E-state index in [4.69, 9.17) is 9.84 Å². The Morgan fingerprint density at radius 2 is 2.00 bits per heavy atom. The molecule has 23 heavy (non-hydrogen) atoms. The number of methoxy groups -OCH3 is 1. The molecule has 3 N–H and O–H groups in total. The van der Waals surface area contributed by atoms with Gasteiger partial charge in [-0.3, -0.25) is 9.59 Å². The summed E-state index contributed by atoms with van der Waals surface area (Å²) in [6.07, 6.45) is 1.64. The lowest BCUT2D eigenvalue weighted by atomic mass is 10.0. The molecule has 0 saturated heterocycles. The number of rotatable bonds is 8. The van der Waals surface area contributed by atoms with Gasteiger partial charge in [0.2, 0.25) is 11.8 Å². The predicted octanol–water partition coefficient (Wildman–Crippen LogP) is 0.436. The van der Waals surface area contributed by atoms with Gasteiger partial charge in [-0.25, -0.2) is 9.78 Å². The largest absolute Gasteiger partial charge is 0.481 e. The zero-order chi connectivity index (χ0) is 17.4. The van der Waals surface area contributed by atoms with Crippen molar-refractivity contribution in [3.05, 3.63) is 23.9 Å². The van der Waals surface area contributed by atoms with Crippen LogP contribution in [0.15, 0.2) is 18.3 Å². The maximum absolute atomic E-state index is 11.9. The quantitative estimate of drug-likeness (QED) is 0.639. The number of aliphatic carboxylic acids is 1. The molecule has 2 amide bonds. The monoisotopic (exact) mass is 323 g/mol. The molecule has 0 bridgehead atoms. The first-order valence-corrected chi connectivity index (χ1v) is 7.14. The van der Waals surface area contributed by atoms with Crippen LogP contribution in [-0.2, 0) is 9.59 Å². The third-order valence-corrected chi connectivity index (χ3v) is 2.96. The molecule has 0 spiro atoms. The minimum Gasteiger partial charge on any atom is -0.481 e. The first-order valence-electron chi connectivity index (χ1n) is 7.14. The van der Waals surface area contributed by atoms with Crippen molar-refractivity contribution in [3.8, 4) is 5.88 Å². The van der Waals surface area contributed by atoms with Gasteiger partial charge in [-0.2, -0.15) is 0 Å². The Morgan fingerprint density at radius 3 is 2.48 bits per heavy atom. The smallest absolute Gasteiger partial charge is 0.326 e. The zero-order valence-corrected chi connectivity index (χ0v) is 13.3. The van der Waals surface area contributed by atoms with Crippen molar-refractivity contribution in [1.29, 1.82) is 0 Å². The summed E-state index contributed by atoms with van der Waals surface area (Å²) >= 11 is 0. The van der Waals surface area contributed by atoms with E-state index in [2.05, 4.69) is 15.6 Å². The van der Waals surface area contributed by atoms with E-state index in [1.165, 1.54) is 25.4 Å². The first kappa shape index (κ1) is 18.4. The van der Waals surface area contributed by atoms with Gasteiger partial charge in [-0.1, -0.05) is 13.8 Å². The van der Waals surface area contributed by atoms with Crippen molar-refractivity contribution in [2.75, 3.05) is 13.7 Å². The highest BCUT2D eigenvalue weighted by Gasteiger charge is 2.21. The Labute approximate surface area is 134 Å². The van der Waals surface area contributed by atoms with Gasteiger partial charge in [0.15, 0.2) is 0 Å². The second-order valence-corrected chi connectivity index (χ2v) is 5.36. The topological polar surface area (TPSA) is 118 Å². The van der Waals surface area contributed by atoms with Crippen LogP contribution in [0.2, 0.25) is 0 Å². The van der Waals surface area contributed by atoms with Crippen LogP contribution in [0.1, 0.15) is 30.6 Å². The average Bonchev–Trinajstić information content (AvgIpc) is 2.51. The van der Waals surface area contributed by atoms with Gasteiger partial charge >= 0.3 is 5.97 Å². The van der Waals surface area contributed by atoms with Crippen molar-refractivity contribution in [2.24, 2.45) is 5.92 Å². The van der Waals surface area contributed by atoms with E-state index in [1.807, 2.05) is 13.8 Å². The summed E-state index contributed by atoms with van der Waals surface area (Å²) in [6.45, 7) is 3.41. The summed E-state index contributed by atoms with van der Waals surface area (Å²) in [7, 11) is 1.46. The van der Waals surface area contributed by atoms with Crippen LogP contribution in [0.3, 0.4) is 0 Å². The fourth-order valence-corrected chi connectivity index (χ4v) is 1.84. The molecule has 1 rings (SSSR count). The molecule has 1 aromatic heterocycles. The molecule has 1 aromatic rings. The number of ether oxygens (including phenoxy) is 1. The van der Waals surface area contributed by atoms with E-state index in [9.17, 15) is 14.4 Å². The molecule has 0 aliphatic rings. The minimum atomic E-state index is -1.10. The maximum Gasteiger partial charge on any atom is 0.326 e. The van der Waals surface area contributed by atoms with E-state index in [0.717, 1.165) is 0 Å². The second kappa shape index (κ2) is 8.72. The lowest BCUT2D eigenvalue weighted by Crippen LogP contribution is -2.46. The normalized spacial score (nSPS) is 11.7. The number of aromatic nitrogens is 1. The summed E-state index contributed by atoms with van der Waals surface area (Å²) in [6, 6.07) is 2.07. The molecule has 1 atom stereocenters.